The largest absolute Gasteiger partial charge is 0.476 e. The third-order valence-electron chi connectivity index (χ3n) is 11.9. The number of nitrogens with one attached hydrogen (secondary N) is 1. The predicted octanol–water partition coefficient (Wildman–Crippen LogP) is 9.18. The summed E-state index contributed by atoms with van der Waals surface area (Å²) in [6, 6.07) is 18.6. The van der Waals surface area contributed by atoms with Gasteiger partial charge < -0.3 is 9.84 Å². The lowest BCUT2D eigenvalue weighted by atomic mass is 9.39. The van der Waals surface area contributed by atoms with Crippen LogP contribution in [0.3, 0.4) is 0 Å². The van der Waals surface area contributed by atoms with Crippen LogP contribution < -0.4 is 5.32 Å². The number of aromatic carboxylic acids is 1. The van der Waals surface area contributed by atoms with Gasteiger partial charge in [-0.25, -0.2) is 14.8 Å². The van der Waals surface area contributed by atoms with Gasteiger partial charge in [-0.1, -0.05) is 43.4 Å². The van der Waals surface area contributed by atoms with E-state index in [1.807, 2.05) is 61.5 Å². The average molecular weight is 727 g/mol. The van der Waals surface area contributed by atoms with E-state index in [2.05, 4.69) is 45.7 Å². The van der Waals surface area contributed by atoms with Crippen molar-refractivity contribution < 1.29 is 19.4 Å². The van der Waals surface area contributed by atoms with E-state index in [-0.39, 0.29) is 33.4 Å². The van der Waals surface area contributed by atoms with Gasteiger partial charge >= 0.3 is 5.97 Å². The van der Waals surface area contributed by atoms with Crippen molar-refractivity contribution in [3.8, 4) is 22.4 Å². The number of pyridine rings is 2. The number of hydrogen-bond acceptors (Lipinski definition) is 8. The van der Waals surface area contributed by atoms with Gasteiger partial charge in [0.05, 0.1) is 38.8 Å². The Bertz CT molecular complexity index is 2420. The van der Waals surface area contributed by atoms with Crippen molar-refractivity contribution in [3.05, 3.63) is 90.0 Å². The number of rotatable bonds is 9. The number of benzene rings is 2. The van der Waals surface area contributed by atoms with Crippen molar-refractivity contribution in [1.29, 1.82) is 0 Å². The molecule has 0 saturated heterocycles. The Kier molecular flexibility index (Phi) is 7.66. The summed E-state index contributed by atoms with van der Waals surface area (Å²) in [5.74, 6) is -1.42. The second-order valence-corrected chi connectivity index (χ2v) is 17.6. The molecule has 10 rings (SSSR count). The smallest absolute Gasteiger partial charge is 0.355 e. The molecule has 4 heterocycles. The molecule has 4 aliphatic rings. The molecule has 11 heteroatoms. The first-order chi connectivity index (χ1) is 25.4. The van der Waals surface area contributed by atoms with E-state index >= 15 is 0 Å². The standard InChI is InChI=1S/C42H42N6O4S/c1-5-52-42-21-39(3)18-40(4,22-42)20-41(19-39,23-42)24-48-25(2)30(17-44-48)27-11-13-31(45-35(27)37(50)51)26-10-12-32-29(16-26)28(14-15-43-32)36(49)47-38-46-33-8-6-7-9-34(33)53-38/h6-17H,5,18-24H2,1-4H3,(H,50,51)(H,46,47,49). The summed E-state index contributed by atoms with van der Waals surface area (Å²) in [4.78, 5) is 40.0. The minimum Gasteiger partial charge on any atom is -0.476 e. The molecule has 4 fully saturated rings. The number of carboxylic acids is 1. The molecule has 4 aliphatic carbocycles. The molecule has 2 atom stereocenters. The van der Waals surface area contributed by atoms with Crippen molar-refractivity contribution in [2.24, 2.45) is 16.2 Å². The molecule has 0 spiro atoms. The van der Waals surface area contributed by atoms with Gasteiger partial charge in [0.1, 0.15) is 0 Å². The summed E-state index contributed by atoms with van der Waals surface area (Å²) >= 11 is 1.41. The maximum Gasteiger partial charge on any atom is 0.355 e. The number of para-hydroxylation sites is 1. The zero-order valence-electron chi connectivity index (χ0n) is 30.4. The third-order valence-corrected chi connectivity index (χ3v) is 12.8. The fourth-order valence-electron chi connectivity index (χ4n) is 11.2. The van der Waals surface area contributed by atoms with Gasteiger partial charge in [0.2, 0.25) is 0 Å². The van der Waals surface area contributed by atoms with Crippen molar-refractivity contribution >= 4 is 49.5 Å². The predicted molar refractivity (Wildman–Crippen MR) is 206 cm³/mol. The lowest BCUT2D eigenvalue weighted by Crippen LogP contribution is -2.64. The number of aromatic nitrogens is 5. The second kappa shape index (κ2) is 12.0. The molecular formula is C42H42N6O4S. The quantitative estimate of drug-likeness (QED) is 0.151. The first-order valence-electron chi connectivity index (χ1n) is 18.3. The summed E-state index contributed by atoms with van der Waals surface area (Å²) in [6.07, 6.45) is 10.2. The van der Waals surface area contributed by atoms with Crippen molar-refractivity contribution in [3.63, 3.8) is 0 Å². The number of fused-ring (bicyclic) bond motifs is 2. The molecule has 53 heavy (non-hydrogen) atoms. The van der Waals surface area contributed by atoms with Gasteiger partial charge in [-0.05, 0) is 111 Å². The Morgan fingerprint density at radius 1 is 0.925 bits per heavy atom. The van der Waals surface area contributed by atoms with Crippen LogP contribution in [0.15, 0.2) is 73.1 Å². The molecule has 4 aromatic heterocycles. The first-order valence-corrected chi connectivity index (χ1v) is 19.2. The maximum atomic E-state index is 13.5. The fraction of sp³-hybridized carbons (Fsp3) is 0.381. The summed E-state index contributed by atoms with van der Waals surface area (Å²) in [6.45, 7) is 10.5. The Balaban J connectivity index is 1.02. The Hall–Kier alpha value is -5.00. The molecule has 4 saturated carbocycles. The van der Waals surface area contributed by atoms with Crippen LogP contribution in [0.5, 0.6) is 0 Å². The topological polar surface area (TPSA) is 132 Å². The molecule has 0 radical (unpaired) electrons. The Morgan fingerprint density at radius 3 is 2.47 bits per heavy atom. The van der Waals surface area contributed by atoms with Crippen molar-refractivity contribution in [2.75, 3.05) is 11.9 Å². The Morgan fingerprint density at radius 2 is 1.72 bits per heavy atom. The molecule has 2 aromatic carbocycles. The number of amides is 1. The van der Waals surface area contributed by atoms with Crippen LogP contribution in [0.4, 0.5) is 5.13 Å². The van der Waals surface area contributed by atoms with E-state index in [1.54, 1.807) is 18.5 Å². The number of anilines is 1. The number of ether oxygens (including phenoxy) is 1. The molecule has 10 nitrogen and oxygen atoms in total. The van der Waals surface area contributed by atoms with Gasteiger partial charge in [0, 0.05) is 47.1 Å². The van der Waals surface area contributed by atoms with Crippen LogP contribution in [-0.4, -0.2) is 53.9 Å². The number of carbonyl (C=O) groups excluding carboxylic acids is 1. The van der Waals surface area contributed by atoms with E-state index in [0.29, 0.717) is 38.4 Å². The van der Waals surface area contributed by atoms with Gasteiger partial charge in [0.15, 0.2) is 10.8 Å². The van der Waals surface area contributed by atoms with E-state index < -0.39 is 5.97 Å². The van der Waals surface area contributed by atoms with Gasteiger partial charge in [-0.2, -0.15) is 5.10 Å². The summed E-state index contributed by atoms with van der Waals surface area (Å²) in [7, 11) is 0. The SMILES string of the molecule is CCOC12CC3(C)CC(C)(CC(Cn4ncc(-c5ccc(-c6ccc7nccc(C(=O)Nc8nc9ccccc9s8)c7c6)nc5C(=O)O)c4C)(C3)C1)C2. The van der Waals surface area contributed by atoms with Crippen molar-refractivity contribution in [2.45, 2.75) is 78.4 Å². The van der Waals surface area contributed by atoms with Crippen LogP contribution in [0.25, 0.3) is 43.5 Å². The van der Waals surface area contributed by atoms with Crippen LogP contribution in [0.2, 0.25) is 0 Å². The summed E-state index contributed by atoms with van der Waals surface area (Å²) < 4.78 is 9.65. The number of thiazole rings is 1. The highest BCUT2D eigenvalue weighted by Gasteiger charge is 2.66. The van der Waals surface area contributed by atoms with Gasteiger partial charge in [0.25, 0.3) is 5.91 Å². The minimum absolute atomic E-state index is 0.0460. The second-order valence-electron chi connectivity index (χ2n) is 16.5. The highest BCUT2D eigenvalue weighted by Crippen LogP contribution is 2.72. The molecule has 0 aliphatic heterocycles. The van der Waals surface area contributed by atoms with E-state index in [0.717, 1.165) is 66.7 Å². The van der Waals surface area contributed by atoms with Crippen LogP contribution in [0, 0.1) is 23.2 Å². The molecular weight excluding hydrogens is 685 g/mol. The number of carbonyl (C=O) groups is 2. The summed E-state index contributed by atoms with van der Waals surface area (Å²) in [5, 5.41) is 19.4. The number of nitrogens with zero attached hydrogens (tertiary/aromatic N) is 5. The van der Waals surface area contributed by atoms with Gasteiger partial charge in [-0.15, -0.1) is 0 Å². The first kappa shape index (κ1) is 33.8. The molecule has 1 amide bonds. The molecule has 2 N–H and O–H groups in total. The van der Waals surface area contributed by atoms with Crippen LogP contribution >= 0.6 is 11.3 Å². The monoisotopic (exact) mass is 726 g/mol. The summed E-state index contributed by atoms with van der Waals surface area (Å²) in [5.41, 5.74) is 5.72. The fourth-order valence-corrected chi connectivity index (χ4v) is 12.1. The normalized spacial score (nSPS) is 26.0. The van der Waals surface area contributed by atoms with E-state index in [9.17, 15) is 14.7 Å². The molecule has 6 aromatic rings. The minimum atomic E-state index is -1.12. The number of carboxylic acid groups (broad SMARTS) is 1. The lowest BCUT2D eigenvalue weighted by molar-refractivity contribution is -0.246. The highest BCUT2D eigenvalue weighted by atomic mass is 32.1. The van der Waals surface area contributed by atoms with Crippen molar-refractivity contribution in [1.82, 2.24) is 24.7 Å². The highest BCUT2D eigenvalue weighted by molar-refractivity contribution is 7.22. The average Bonchev–Trinajstić information content (AvgIpc) is 3.67. The van der Waals surface area contributed by atoms with Crippen LogP contribution in [0.1, 0.15) is 85.8 Å². The molecule has 2 unspecified atom stereocenters. The molecule has 270 valence electrons. The zero-order valence-corrected chi connectivity index (χ0v) is 31.2. The Labute approximate surface area is 311 Å². The zero-order chi connectivity index (χ0) is 36.8. The maximum absolute atomic E-state index is 13.5. The van der Waals surface area contributed by atoms with E-state index in [4.69, 9.17) is 9.84 Å². The number of hydrogen-bond donors (Lipinski definition) is 2. The lowest BCUT2D eigenvalue weighted by Gasteiger charge is -2.69. The third kappa shape index (κ3) is 5.81. The van der Waals surface area contributed by atoms with Crippen LogP contribution in [-0.2, 0) is 11.3 Å². The van der Waals surface area contributed by atoms with Gasteiger partial charge in [-0.3, -0.25) is 19.8 Å². The van der Waals surface area contributed by atoms with E-state index in [1.165, 1.54) is 17.8 Å². The molecule has 4 bridgehead atoms.